The van der Waals surface area contributed by atoms with Crippen molar-refractivity contribution in [3.63, 3.8) is 0 Å². The van der Waals surface area contributed by atoms with Crippen LogP contribution in [-0.4, -0.2) is 54.9 Å². The summed E-state index contributed by atoms with van der Waals surface area (Å²) in [6, 6.07) is 8.39. The van der Waals surface area contributed by atoms with Crippen molar-refractivity contribution >= 4 is 16.9 Å². The Bertz CT molecular complexity index is 973. The highest BCUT2D eigenvalue weighted by Crippen LogP contribution is 2.22. The summed E-state index contributed by atoms with van der Waals surface area (Å²) >= 11 is 0. The number of H-pyrrole nitrogens is 1. The van der Waals surface area contributed by atoms with Crippen LogP contribution >= 0.6 is 0 Å². The van der Waals surface area contributed by atoms with Gasteiger partial charge in [-0.05, 0) is 18.4 Å². The second kappa shape index (κ2) is 6.72. The number of rotatable bonds is 3. The number of likely N-dealkylation sites (tertiary alicyclic amines) is 1. The van der Waals surface area contributed by atoms with E-state index in [2.05, 4.69) is 15.2 Å². The Morgan fingerprint density at radius 1 is 1.23 bits per heavy atom. The van der Waals surface area contributed by atoms with E-state index in [1.165, 1.54) is 17.1 Å². The van der Waals surface area contributed by atoms with Gasteiger partial charge in [0.2, 0.25) is 5.91 Å². The van der Waals surface area contributed by atoms with E-state index >= 15 is 0 Å². The van der Waals surface area contributed by atoms with Crippen molar-refractivity contribution in [1.29, 1.82) is 0 Å². The van der Waals surface area contributed by atoms with Crippen LogP contribution in [0.4, 0.5) is 0 Å². The van der Waals surface area contributed by atoms with Gasteiger partial charge in [-0.2, -0.15) is 5.10 Å². The van der Waals surface area contributed by atoms with Crippen molar-refractivity contribution in [3.05, 3.63) is 58.8 Å². The Labute approximate surface area is 149 Å². The summed E-state index contributed by atoms with van der Waals surface area (Å²) in [5, 5.41) is 16.6. The molecule has 2 aromatic heterocycles. The van der Waals surface area contributed by atoms with Crippen molar-refractivity contribution in [2.24, 2.45) is 0 Å². The van der Waals surface area contributed by atoms with Gasteiger partial charge in [0.1, 0.15) is 17.8 Å². The summed E-state index contributed by atoms with van der Waals surface area (Å²) in [4.78, 5) is 32.1. The van der Waals surface area contributed by atoms with Gasteiger partial charge in [0.15, 0.2) is 5.65 Å². The fourth-order valence-corrected chi connectivity index (χ4v) is 3.35. The van der Waals surface area contributed by atoms with Gasteiger partial charge in [-0.25, -0.2) is 4.98 Å². The lowest BCUT2D eigenvalue weighted by molar-refractivity contribution is -0.135. The van der Waals surface area contributed by atoms with E-state index in [0.717, 1.165) is 5.56 Å². The molecule has 134 valence electrons. The minimum absolute atomic E-state index is 0.171. The van der Waals surface area contributed by atoms with E-state index in [1.54, 1.807) is 4.90 Å². The molecule has 0 spiro atoms. The van der Waals surface area contributed by atoms with E-state index in [0.29, 0.717) is 37.0 Å². The highest BCUT2D eigenvalue weighted by Gasteiger charge is 2.31. The zero-order chi connectivity index (χ0) is 18.1. The van der Waals surface area contributed by atoms with Crippen LogP contribution in [0.5, 0.6) is 0 Å². The molecule has 26 heavy (non-hydrogen) atoms. The largest absolute Gasteiger partial charge is 0.393 e. The molecule has 1 amide bonds. The maximum Gasteiger partial charge on any atom is 0.265 e. The van der Waals surface area contributed by atoms with Crippen molar-refractivity contribution < 1.29 is 9.90 Å². The molecule has 1 unspecified atom stereocenters. The molecule has 3 heterocycles. The summed E-state index contributed by atoms with van der Waals surface area (Å²) in [6.07, 6.45) is 3.52. The number of nitrogens with zero attached hydrogens (tertiary/aromatic N) is 4. The summed E-state index contributed by atoms with van der Waals surface area (Å²) in [5.74, 6) is -0.171. The monoisotopic (exact) mass is 353 g/mol. The maximum absolute atomic E-state index is 13.3. The predicted octanol–water partition coefficient (Wildman–Crippen LogP) is 0.692. The molecule has 0 bridgehead atoms. The molecule has 4 rings (SSSR count). The number of hydrogen-bond donors (Lipinski definition) is 2. The lowest BCUT2D eigenvalue weighted by atomic mass is 10.0. The third kappa shape index (κ3) is 2.88. The van der Waals surface area contributed by atoms with E-state index < -0.39 is 6.04 Å². The van der Waals surface area contributed by atoms with Gasteiger partial charge in [-0.15, -0.1) is 0 Å². The predicted molar refractivity (Wildman–Crippen MR) is 94.6 cm³/mol. The first-order valence-electron chi connectivity index (χ1n) is 8.57. The van der Waals surface area contributed by atoms with Crippen LogP contribution in [0.1, 0.15) is 24.4 Å². The van der Waals surface area contributed by atoms with E-state index in [1.807, 2.05) is 30.3 Å². The third-order valence-corrected chi connectivity index (χ3v) is 4.80. The second-order valence-corrected chi connectivity index (χ2v) is 6.46. The molecule has 1 aliphatic heterocycles. The molecule has 2 N–H and O–H groups in total. The fourth-order valence-electron chi connectivity index (χ4n) is 3.35. The second-order valence-electron chi connectivity index (χ2n) is 6.46. The Hall–Kier alpha value is -3.00. The van der Waals surface area contributed by atoms with Crippen LogP contribution in [0.25, 0.3) is 11.0 Å². The number of benzene rings is 1. The molecule has 8 nitrogen and oxygen atoms in total. The molecule has 3 aromatic rings. The number of aromatic amines is 1. The molecular formula is C18H19N5O3. The van der Waals surface area contributed by atoms with Gasteiger partial charge in [0, 0.05) is 13.1 Å². The number of carbonyl (C=O) groups excluding carboxylic acids is 1. The van der Waals surface area contributed by atoms with E-state index in [4.69, 9.17) is 0 Å². The van der Waals surface area contributed by atoms with Crippen molar-refractivity contribution in [2.45, 2.75) is 25.0 Å². The molecule has 0 aliphatic carbocycles. The summed E-state index contributed by atoms with van der Waals surface area (Å²) in [5.41, 5.74) is 0.796. The van der Waals surface area contributed by atoms with Gasteiger partial charge in [0.25, 0.3) is 5.56 Å². The molecular weight excluding hydrogens is 334 g/mol. The van der Waals surface area contributed by atoms with Crippen molar-refractivity contribution in [3.8, 4) is 0 Å². The lowest BCUT2D eigenvalue weighted by Crippen LogP contribution is -2.45. The molecule has 8 heteroatoms. The molecule has 1 fully saturated rings. The number of piperidine rings is 1. The Kier molecular flexibility index (Phi) is 4.26. The number of fused-ring (bicyclic) bond motifs is 1. The smallest absolute Gasteiger partial charge is 0.265 e. The maximum atomic E-state index is 13.3. The zero-order valence-corrected chi connectivity index (χ0v) is 14.1. The summed E-state index contributed by atoms with van der Waals surface area (Å²) < 4.78 is 1.36. The van der Waals surface area contributed by atoms with Crippen molar-refractivity contribution in [2.75, 3.05) is 13.1 Å². The first-order chi connectivity index (χ1) is 12.6. The Balaban J connectivity index is 1.79. The van der Waals surface area contributed by atoms with Gasteiger partial charge < -0.3 is 10.0 Å². The van der Waals surface area contributed by atoms with Crippen LogP contribution in [0.3, 0.4) is 0 Å². The number of aromatic nitrogens is 4. The molecule has 1 aromatic carbocycles. The van der Waals surface area contributed by atoms with Gasteiger partial charge >= 0.3 is 0 Å². The number of carbonyl (C=O) groups is 1. The summed E-state index contributed by atoms with van der Waals surface area (Å²) in [7, 11) is 0. The molecule has 0 saturated carbocycles. The Morgan fingerprint density at radius 2 is 1.96 bits per heavy atom. The highest BCUT2D eigenvalue weighted by molar-refractivity contribution is 5.84. The Morgan fingerprint density at radius 3 is 2.69 bits per heavy atom. The van der Waals surface area contributed by atoms with Crippen LogP contribution < -0.4 is 5.56 Å². The highest BCUT2D eigenvalue weighted by atomic mass is 16.3. The van der Waals surface area contributed by atoms with E-state index in [9.17, 15) is 14.7 Å². The standard InChI is InChI=1S/C18H19N5O3/c24-13-6-8-22(9-7-13)18(26)15(12-4-2-1-3-5-12)23-11-19-16-14(17(23)25)10-20-21-16/h1-5,10-11,13,15,24H,6-9H2,(H,20,21). The number of aliphatic hydroxyl groups is 1. The number of nitrogens with one attached hydrogen (secondary N) is 1. The average molecular weight is 353 g/mol. The van der Waals surface area contributed by atoms with Crippen LogP contribution in [0.2, 0.25) is 0 Å². The van der Waals surface area contributed by atoms with Crippen LogP contribution in [-0.2, 0) is 4.79 Å². The number of hydrogen-bond acceptors (Lipinski definition) is 5. The fraction of sp³-hybridized carbons (Fsp3) is 0.333. The molecule has 1 saturated heterocycles. The summed E-state index contributed by atoms with van der Waals surface area (Å²) in [6.45, 7) is 0.943. The minimum atomic E-state index is -0.800. The quantitative estimate of drug-likeness (QED) is 0.721. The SMILES string of the molecule is O=C(C(c1ccccc1)n1cnc2[nH]ncc2c1=O)N1CCC(O)CC1. The average Bonchev–Trinajstić information content (AvgIpc) is 3.15. The minimum Gasteiger partial charge on any atom is -0.393 e. The van der Waals surface area contributed by atoms with Gasteiger partial charge in [-0.3, -0.25) is 19.3 Å². The van der Waals surface area contributed by atoms with Crippen molar-refractivity contribution in [1.82, 2.24) is 24.6 Å². The molecule has 0 radical (unpaired) electrons. The third-order valence-electron chi connectivity index (χ3n) is 4.80. The topological polar surface area (TPSA) is 104 Å². The zero-order valence-electron chi connectivity index (χ0n) is 14.1. The number of amides is 1. The molecule has 1 atom stereocenters. The van der Waals surface area contributed by atoms with Crippen LogP contribution in [0.15, 0.2) is 47.7 Å². The van der Waals surface area contributed by atoms with Crippen LogP contribution in [0, 0.1) is 0 Å². The van der Waals surface area contributed by atoms with Gasteiger partial charge in [0.05, 0.1) is 12.3 Å². The first-order valence-corrected chi connectivity index (χ1v) is 8.57. The number of aliphatic hydroxyl groups excluding tert-OH is 1. The van der Waals surface area contributed by atoms with E-state index in [-0.39, 0.29) is 17.6 Å². The normalized spacial score (nSPS) is 16.7. The lowest BCUT2D eigenvalue weighted by Gasteiger charge is -2.33. The first kappa shape index (κ1) is 16.5. The van der Waals surface area contributed by atoms with Gasteiger partial charge in [-0.1, -0.05) is 30.3 Å². The molecule has 1 aliphatic rings.